The van der Waals surface area contributed by atoms with E-state index >= 15 is 0 Å². The Hall–Kier alpha value is -2.70. The summed E-state index contributed by atoms with van der Waals surface area (Å²) >= 11 is 14.1. The molecule has 2 aromatic heterocycles. The molecule has 0 aliphatic rings. The number of aromatic nitrogens is 2. The summed E-state index contributed by atoms with van der Waals surface area (Å²) in [5.74, 6) is 6.14. The van der Waals surface area contributed by atoms with Gasteiger partial charge in [-0.05, 0) is 36.8 Å². The predicted octanol–water partition coefficient (Wildman–Crippen LogP) is 6.05. The first-order valence-corrected chi connectivity index (χ1v) is 10.5. The SMILES string of the molecule is C=C(N)c1nn(-c2ccc(Cl)cc2Cl)c(-c2ccc(C#CCCC#N)s2)c1CC. The molecule has 0 atom stereocenters. The number of nitrogens with zero attached hydrogens (tertiary/aromatic N) is 3. The highest BCUT2D eigenvalue weighted by atomic mass is 35.5. The fourth-order valence-electron chi connectivity index (χ4n) is 2.92. The van der Waals surface area contributed by atoms with E-state index < -0.39 is 0 Å². The van der Waals surface area contributed by atoms with Gasteiger partial charge in [0.15, 0.2) is 0 Å². The van der Waals surface area contributed by atoms with Crippen LogP contribution in [0.2, 0.25) is 10.0 Å². The van der Waals surface area contributed by atoms with Gasteiger partial charge in [-0.1, -0.05) is 48.5 Å². The number of halogens is 2. The maximum Gasteiger partial charge on any atom is 0.112 e. The standard InChI is InChI=1S/C22H18Cl2N4S/c1-3-17-21(14(2)26)27-28(19-10-8-15(23)13-18(19)24)22(17)20-11-9-16(29-20)7-5-4-6-12-25/h8-11,13H,2-4,6,26H2,1H3. The summed E-state index contributed by atoms with van der Waals surface area (Å²) in [6, 6.07) is 11.4. The van der Waals surface area contributed by atoms with Gasteiger partial charge < -0.3 is 5.73 Å². The molecule has 2 heterocycles. The molecule has 0 amide bonds. The molecule has 4 nitrogen and oxygen atoms in total. The molecule has 0 fully saturated rings. The summed E-state index contributed by atoms with van der Waals surface area (Å²) in [5.41, 5.74) is 9.70. The topological polar surface area (TPSA) is 67.6 Å². The van der Waals surface area contributed by atoms with Gasteiger partial charge in [-0.2, -0.15) is 10.4 Å². The van der Waals surface area contributed by atoms with Gasteiger partial charge in [-0.25, -0.2) is 4.68 Å². The van der Waals surface area contributed by atoms with Crippen LogP contribution in [0.15, 0.2) is 36.9 Å². The van der Waals surface area contributed by atoms with Crippen LogP contribution in [0.4, 0.5) is 0 Å². The van der Waals surface area contributed by atoms with Crippen molar-refractivity contribution in [2.45, 2.75) is 26.2 Å². The first kappa shape index (κ1) is 21.0. The number of nitrogens with two attached hydrogens (primary N) is 1. The second-order valence-corrected chi connectivity index (χ2v) is 8.11. The highest BCUT2D eigenvalue weighted by Gasteiger charge is 2.22. The highest BCUT2D eigenvalue weighted by Crippen LogP contribution is 2.37. The highest BCUT2D eigenvalue weighted by molar-refractivity contribution is 7.16. The zero-order valence-corrected chi connectivity index (χ0v) is 18.1. The molecule has 0 aliphatic heterocycles. The zero-order chi connectivity index (χ0) is 21.0. The lowest BCUT2D eigenvalue weighted by Gasteiger charge is -2.09. The Labute approximate surface area is 184 Å². The third-order valence-electron chi connectivity index (χ3n) is 4.19. The van der Waals surface area contributed by atoms with Crippen LogP contribution in [-0.2, 0) is 6.42 Å². The van der Waals surface area contributed by atoms with E-state index in [2.05, 4.69) is 31.4 Å². The zero-order valence-electron chi connectivity index (χ0n) is 15.8. The molecule has 3 aromatic rings. The maximum atomic E-state index is 8.64. The molecule has 146 valence electrons. The Morgan fingerprint density at radius 1 is 1.28 bits per heavy atom. The van der Waals surface area contributed by atoms with E-state index in [0.717, 1.165) is 27.4 Å². The summed E-state index contributed by atoms with van der Waals surface area (Å²) in [7, 11) is 0. The third kappa shape index (κ3) is 4.49. The van der Waals surface area contributed by atoms with Crippen molar-refractivity contribution in [3.8, 4) is 34.2 Å². The van der Waals surface area contributed by atoms with E-state index in [4.69, 9.17) is 39.3 Å². The van der Waals surface area contributed by atoms with Crippen molar-refractivity contribution in [2.75, 3.05) is 0 Å². The van der Waals surface area contributed by atoms with Crippen LogP contribution in [0.25, 0.3) is 22.0 Å². The van der Waals surface area contributed by atoms with Crippen molar-refractivity contribution in [1.29, 1.82) is 5.26 Å². The number of hydrogen-bond acceptors (Lipinski definition) is 4. The Kier molecular flexibility index (Phi) is 6.67. The summed E-state index contributed by atoms with van der Waals surface area (Å²) in [4.78, 5) is 1.92. The van der Waals surface area contributed by atoms with E-state index in [1.807, 2.05) is 18.2 Å². The minimum absolute atomic E-state index is 0.403. The maximum absolute atomic E-state index is 8.64. The van der Waals surface area contributed by atoms with E-state index in [9.17, 15) is 0 Å². The lowest BCUT2D eigenvalue weighted by molar-refractivity contribution is 0.881. The predicted molar refractivity (Wildman–Crippen MR) is 121 cm³/mol. The number of nitriles is 1. The number of benzene rings is 1. The van der Waals surface area contributed by atoms with Crippen LogP contribution >= 0.6 is 34.5 Å². The summed E-state index contributed by atoms with van der Waals surface area (Å²) in [5, 5.41) is 14.4. The molecule has 0 saturated heterocycles. The van der Waals surface area contributed by atoms with E-state index in [1.165, 1.54) is 0 Å². The average molecular weight is 441 g/mol. The summed E-state index contributed by atoms with van der Waals surface area (Å²) in [6.07, 6.45) is 1.71. The van der Waals surface area contributed by atoms with E-state index in [0.29, 0.717) is 40.0 Å². The van der Waals surface area contributed by atoms with Gasteiger partial charge in [0.05, 0.1) is 37.9 Å². The normalized spacial score (nSPS) is 10.3. The quantitative estimate of drug-likeness (QED) is 0.387. The summed E-state index contributed by atoms with van der Waals surface area (Å²) < 4.78 is 1.80. The molecule has 1 aromatic carbocycles. The molecular weight excluding hydrogens is 423 g/mol. The Morgan fingerprint density at radius 2 is 2.07 bits per heavy atom. The number of rotatable bonds is 5. The molecule has 0 radical (unpaired) electrons. The van der Waals surface area contributed by atoms with Crippen LogP contribution in [0.3, 0.4) is 0 Å². The van der Waals surface area contributed by atoms with Crippen molar-refractivity contribution in [1.82, 2.24) is 9.78 Å². The lowest BCUT2D eigenvalue weighted by Crippen LogP contribution is -2.01. The first-order valence-electron chi connectivity index (χ1n) is 8.94. The van der Waals surface area contributed by atoms with Crippen molar-refractivity contribution in [3.05, 3.63) is 63.1 Å². The number of unbranched alkanes of at least 4 members (excludes halogenated alkanes) is 1. The second kappa shape index (κ2) is 9.20. The van der Waals surface area contributed by atoms with Crippen LogP contribution in [0.5, 0.6) is 0 Å². The van der Waals surface area contributed by atoms with Gasteiger partial charge in [0, 0.05) is 23.4 Å². The Morgan fingerprint density at radius 3 is 2.72 bits per heavy atom. The molecule has 0 unspecified atom stereocenters. The fraction of sp³-hybridized carbons (Fsp3) is 0.182. The molecule has 29 heavy (non-hydrogen) atoms. The minimum Gasteiger partial charge on any atom is -0.397 e. The molecule has 2 N–H and O–H groups in total. The van der Waals surface area contributed by atoms with Gasteiger partial charge in [-0.15, -0.1) is 11.3 Å². The number of hydrogen-bond donors (Lipinski definition) is 1. The smallest absolute Gasteiger partial charge is 0.112 e. The van der Waals surface area contributed by atoms with Crippen molar-refractivity contribution >= 4 is 40.2 Å². The average Bonchev–Trinajstić information content (AvgIpc) is 3.29. The molecule has 7 heteroatoms. The fourth-order valence-corrected chi connectivity index (χ4v) is 4.35. The summed E-state index contributed by atoms with van der Waals surface area (Å²) in [6.45, 7) is 5.93. The van der Waals surface area contributed by atoms with Gasteiger partial charge in [0.2, 0.25) is 0 Å². The van der Waals surface area contributed by atoms with Crippen LogP contribution in [0.1, 0.15) is 35.9 Å². The van der Waals surface area contributed by atoms with Crippen LogP contribution < -0.4 is 5.73 Å². The lowest BCUT2D eigenvalue weighted by atomic mass is 10.1. The minimum atomic E-state index is 0.403. The van der Waals surface area contributed by atoms with E-state index in [1.54, 1.807) is 28.2 Å². The van der Waals surface area contributed by atoms with Crippen LogP contribution in [-0.4, -0.2) is 9.78 Å². The molecule has 3 rings (SSSR count). The second-order valence-electron chi connectivity index (χ2n) is 6.19. The Bertz CT molecular complexity index is 1170. The van der Waals surface area contributed by atoms with Crippen molar-refractivity contribution in [3.63, 3.8) is 0 Å². The molecule has 0 saturated carbocycles. The first-order chi connectivity index (χ1) is 14.0. The molecular formula is C22H18Cl2N4S. The van der Waals surface area contributed by atoms with Gasteiger partial charge in [0.1, 0.15) is 5.69 Å². The Balaban J connectivity index is 2.17. The van der Waals surface area contributed by atoms with Gasteiger partial charge >= 0.3 is 0 Å². The largest absolute Gasteiger partial charge is 0.397 e. The van der Waals surface area contributed by atoms with Crippen molar-refractivity contribution in [2.24, 2.45) is 5.73 Å². The van der Waals surface area contributed by atoms with Crippen molar-refractivity contribution < 1.29 is 0 Å². The molecule has 0 aliphatic carbocycles. The van der Waals surface area contributed by atoms with Gasteiger partial charge in [-0.3, -0.25) is 0 Å². The van der Waals surface area contributed by atoms with Gasteiger partial charge in [0.25, 0.3) is 0 Å². The number of thiophene rings is 1. The third-order valence-corrected chi connectivity index (χ3v) is 5.74. The van der Waals surface area contributed by atoms with E-state index in [-0.39, 0.29) is 0 Å². The monoisotopic (exact) mass is 440 g/mol. The van der Waals surface area contributed by atoms with Crippen LogP contribution in [0, 0.1) is 23.2 Å². The molecule has 0 bridgehead atoms. The molecule has 0 spiro atoms.